The minimum Gasteiger partial charge on any atom is -0.439 e. The normalized spacial score (nSPS) is 10.1. The number of carbonyl (C=O) groups excluding carboxylic acids is 1. The fraction of sp³-hybridized carbons (Fsp3) is 0. The molecule has 0 bridgehead atoms. The van der Waals surface area contributed by atoms with E-state index in [2.05, 4.69) is 4.98 Å². The van der Waals surface area contributed by atoms with Gasteiger partial charge in [-0.05, 0) is 24.3 Å². The molecule has 5 nitrogen and oxygen atoms in total. The summed E-state index contributed by atoms with van der Waals surface area (Å²) in [6.45, 7) is 0. The zero-order chi connectivity index (χ0) is 13.1. The highest BCUT2D eigenvalue weighted by Crippen LogP contribution is 2.24. The Morgan fingerprint density at radius 2 is 2.06 bits per heavy atom. The van der Waals surface area contributed by atoms with Gasteiger partial charge in [-0.2, -0.15) is 0 Å². The number of benzene rings is 1. The largest absolute Gasteiger partial charge is 0.439 e. The lowest BCUT2D eigenvalue weighted by Gasteiger charge is -2.06. The highest BCUT2D eigenvalue weighted by atomic mass is 35.5. The molecular weight excluding hydrogens is 254 g/mol. The molecule has 0 unspecified atom stereocenters. The molecule has 0 aliphatic heterocycles. The topological polar surface area (TPSA) is 91.2 Å². The van der Waals surface area contributed by atoms with Crippen molar-refractivity contribution < 1.29 is 9.53 Å². The maximum absolute atomic E-state index is 11.0. The van der Waals surface area contributed by atoms with E-state index in [9.17, 15) is 4.79 Å². The van der Waals surface area contributed by atoms with Gasteiger partial charge in [-0.1, -0.05) is 17.7 Å². The third kappa shape index (κ3) is 2.89. The van der Waals surface area contributed by atoms with Gasteiger partial charge in [-0.25, -0.2) is 4.98 Å². The Kier molecular flexibility index (Phi) is 3.34. The van der Waals surface area contributed by atoms with Gasteiger partial charge in [0.15, 0.2) is 0 Å². The van der Waals surface area contributed by atoms with Crippen molar-refractivity contribution in [2.45, 2.75) is 0 Å². The van der Waals surface area contributed by atoms with Crippen LogP contribution < -0.4 is 16.2 Å². The number of primary amides is 1. The van der Waals surface area contributed by atoms with Gasteiger partial charge in [0.2, 0.25) is 11.8 Å². The summed E-state index contributed by atoms with van der Waals surface area (Å²) in [6.07, 6.45) is 0. The van der Waals surface area contributed by atoms with Gasteiger partial charge in [0, 0.05) is 17.3 Å². The first-order valence-corrected chi connectivity index (χ1v) is 5.43. The number of halogens is 1. The van der Waals surface area contributed by atoms with Crippen LogP contribution in [0.25, 0.3) is 0 Å². The molecule has 4 N–H and O–H groups in total. The van der Waals surface area contributed by atoms with Crippen molar-refractivity contribution in [3.8, 4) is 11.6 Å². The molecular formula is C12H10ClN3O2. The summed E-state index contributed by atoms with van der Waals surface area (Å²) in [6, 6.07) is 9.47. The molecule has 0 radical (unpaired) electrons. The van der Waals surface area contributed by atoms with Crippen molar-refractivity contribution in [3.63, 3.8) is 0 Å². The zero-order valence-electron chi connectivity index (χ0n) is 9.26. The van der Waals surface area contributed by atoms with Crippen LogP contribution in [0, 0.1) is 0 Å². The van der Waals surface area contributed by atoms with Crippen LogP contribution in [0.4, 0.5) is 5.69 Å². The van der Waals surface area contributed by atoms with E-state index >= 15 is 0 Å². The summed E-state index contributed by atoms with van der Waals surface area (Å²) >= 11 is 5.75. The Labute approximate surface area is 108 Å². The summed E-state index contributed by atoms with van der Waals surface area (Å²) in [5.74, 6) is 0.154. The molecule has 0 atom stereocenters. The maximum atomic E-state index is 11.0. The van der Waals surface area contributed by atoms with Gasteiger partial charge < -0.3 is 16.2 Å². The number of hydrogen-bond acceptors (Lipinski definition) is 4. The second-order valence-electron chi connectivity index (χ2n) is 3.56. The number of aromatic nitrogens is 1. The van der Waals surface area contributed by atoms with Gasteiger partial charge in [0.1, 0.15) is 10.9 Å². The van der Waals surface area contributed by atoms with E-state index in [4.69, 9.17) is 27.8 Å². The zero-order valence-corrected chi connectivity index (χ0v) is 10.0. The molecule has 1 aromatic heterocycles. The molecule has 2 aromatic rings. The molecule has 0 aliphatic carbocycles. The second kappa shape index (κ2) is 4.93. The average molecular weight is 264 g/mol. The molecule has 0 saturated carbocycles. The SMILES string of the molecule is NC(=O)c1cccc(Oc2cc(N)cc(Cl)n2)c1. The number of anilines is 1. The first kappa shape index (κ1) is 12.2. The number of nitrogen functional groups attached to an aromatic ring is 1. The minimum atomic E-state index is -0.529. The van der Waals surface area contributed by atoms with Gasteiger partial charge >= 0.3 is 0 Å². The number of nitrogens with two attached hydrogens (primary N) is 2. The second-order valence-corrected chi connectivity index (χ2v) is 3.94. The predicted octanol–water partition coefficient (Wildman–Crippen LogP) is 2.21. The highest BCUT2D eigenvalue weighted by molar-refractivity contribution is 6.29. The molecule has 0 spiro atoms. The lowest BCUT2D eigenvalue weighted by molar-refractivity contribution is 0.1000. The third-order valence-electron chi connectivity index (χ3n) is 2.13. The van der Waals surface area contributed by atoms with Crippen molar-refractivity contribution in [3.05, 3.63) is 47.1 Å². The van der Waals surface area contributed by atoms with Crippen molar-refractivity contribution in [1.82, 2.24) is 4.98 Å². The van der Waals surface area contributed by atoms with E-state index in [1.165, 1.54) is 18.2 Å². The molecule has 0 fully saturated rings. The van der Waals surface area contributed by atoms with Crippen molar-refractivity contribution in [1.29, 1.82) is 0 Å². The maximum Gasteiger partial charge on any atom is 0.248 e. The molecule has 1 amide bonds. The smallest absolute Gasteiger partial charge is 0.248 e. The molecule has 0 saturated heterocycles. The van der Waals surface area contributed by atoms with Crippen LogP contribution >= 0.6 is 11.6 Å². The lowest BCUT2D eigenvalue weighted by Crippen LogP contribution is -2.10. The van der Waals surface area contributed by atoms with Crippen LogP contribution in [0.2, 0.25) is 5.15 Å². The quantitative estimate of drug-likeness (QED) is 0.831. The van der Waals surface area contributed by atoms with E-state index in [-0.39, 0.29) is 11.0 Å². The first-order chi connectivity index (χ1) is 8.54. The number of nitrogens with zero attached hydrogens (tertiary/aromatic N) is 1. The number of rotatable bonds is 3. The van der Waals surface area contributed by atoms with Crippen molar-refractivity contribution in [2.75, 3.05) is 5.73 Å². The monoisotopic (exact) mass is 263 g/mol. The first-order valence-electron chi connectivity index (χ1n) is 5.05. The van der Waals surface area contributed by atoms with E-state index < -0.39 is 5.91 Å². The Hall–Kier alpha value is -2.27. The minimum absolute atomic E-state index is 0.232. The van der Waals surface area contributed by atoms with Crippen LogP contribution in [0.15, 0.2) is 36.4 Å². The molecule has 18 heavy (non-hydrogen) atoms. The predicted molar refractivity (Wildman–Crippen MR) is 68.7 cm³/mol. The number of amides is 1. The van der Waals surface area contributed by atoms with Crippen LogP contribution in [0.5, 0.6) is 11.6 Å². The molecule has 1 heterocycles. The van der Waals surface area contributed by atoms with Gasteiger partial charge in [0.05, 0.1) is 0 Å². The van der Waals surface area contributed by atoms with E-state index in [0.29, 0.717) is 17.0 Å². The van der Waals surface area contributed by atoms with Crippen molar-refractivity contribution in [2.24, 2.45) is 5.73 Å². The lowest BCUT2D eigenvalue weighted by atomic mass is 10.2. The Morgan fingerprint density at radius 3 is 2.72 bits per heavy atom. The van der Waals surface area contributed by atoms with Gasteiger partial charge in [-0.15, -0.1) is 0 Å². The summed E-state index contributed by atoms with van der Waals surface area (Å²) in [7, 11) is 0. The van der Waals surface area contributed by atoms with E-state index in [0.717, 1.165) is 0 Å². The number of ether oxygens (including phenoxy) is 1. The van der Waals surface area contributed by atoms with Crippen LogP contribution in [-0.2, 0) is 0 Å². The number of pyridine rings is 1. The molecule has 1 aromatic carbocycles. The Morgan fingerprint density at radius 1 is 1.28 bits per heavy atom. The van der Waals surface area contributed by atoms with Crippen molar-refractivity contribution >= 4 is 23.2 Å². The van der Waals surface area contributed by atoms with Crippen LogP contribution in [-0.4, -0.2) is 10.9 Å². The molecule has 0 aliphatic rings. The van der Waals surface area contributed by atoms with E-state index in [1.807, 2.05) is 0 Å². The van der Waals surface area contributed by atoms with E-state index in [1.54, 1.807) is 18.2 Å². The number of carbonyl (C=O) groups is 1. The summed E-state index contributed by atoms with van der Waals surface area (Å²) in [5.41, 5.74) is 11.6. The van der Waals surface area contributed by atoms with Gasteiger partial charge in [0.25, 0.3) is 0 Å². The third-order valence-corrected chi connectivity index (χ3v) is 2.33. The fourth-order valence-electron chi connectivity index (χ4n) is 1.38. The average Bonchev–Trinajstić information content (AvgIpc) is 2.27. The van der Waals surface area contributed by atoms with Crippen LogP contribution in [0.1, 0.15) is 10.4 Å². The number of hydrogen-bond donors (Lipinski definition) is 2. The Bertz CT molecular complexity index is 581. The Balaban J connectivity index is 2.28. The van der Waals surface area contributed by atoms with Crippen LogP contribution in [0.3, 0.4) is 0 Å². The summed E-state index contributed by atoms with van der Waals surface area (Å²) in [5, 5.41) is 0.232. The summed E-state index contributed by atoms with van der Waals surface area (Å²) in [4.78, 5) is 15.0. The summed E-state index contributed by atoms with van der Waals surface area (Å²) < 4.78 is 5.45. The van der Waals surface area contributed by atoms with Gasteiger partial charge in [-0.3, -0.25) is 4.79 Å². The molecule has 92 valence electrons. The standard InChI is InChI=1S/C12H10ClN3O2/c13-10-5-8(14)6-11(16-10)18-9-3-1-2-7(4-9)12(15)17/h1-6H,(H2,14,16)(H2,15,17). The fourth-order valence-corrected chi connectivity index (χ4v) is 1.59. The molecule has 2 rings (SSSR count). The highest BCUT2D eigenvalue weighted by Gasteiger charge is 2.05. The molecule has 6 heteroatoms.